The third-order valence-electron chi connectivity index (χ3n) is 3.47. The number of carbonyl (C=O) groups excluding carboxylic acids is 2. The molecule has 1 atom stereocenters. The lowest BCUT2D eigenvalue weighted by Gasteiger charge is -2.14. The number of ether oxygens (including phenoxy) is 2. The van der Waals surface area contributed by atoms with Crippen LogP contribution in [-0.4, -0.2) is 30.8 Å². The molecule has 2 rings (SSSR count). The molecule has 0 fully saturated rings. The summed E-state index contributed by atoms with van der Waals surface area (Å²) in [4.78, 5) is 25.1. The first kappa shape index (κ1) is 18.9. The molecule has 25 heavy (non-hydrogen) atoms. The Labute approximate surface area is 151 Å². The smallest absolute Gasteiger partial charge is 0.317 e. The van der Waals surface area contributed by atoms with Gasteiger partial charge in [0.2, 0.25) is 0 Å². The summed E-state index contributed by atoms with van der Waals surface area (Å²) in [7, 11) is 1.57. The Balaban J connectivity index is 1.81. The van der Waals surface area contributed by atoms with Crippen LogP contribution in [0.25, 0.3) is 0 Å². The van der Waals surface area contributed by atoms with Crippen LogP contribution in [0.4, 0.5) is 5.69 Å². The van der Waals surface area contributed by atoms with Gasteiger partial charge in [-0.15, -0.1) is 11.8 Å². The van der Waals surface area contributed by atoms with Gasteiger partial charge in [0.05, 0.1) is 12.9 Å². The molecule has 0 aliphatic carbocycles. The van der Waals surface area contributed by atoms with Gasteiger partial charge in [0, 0.05) is 10.6 Å². The average Bonchev–Trinajstić information content (AvgIpc) is 2.61. The maximum atomic E-state index is 12.1. The molecule has 132 valence electrons. The second kappa shape index (κ2) is 9.13. The molecule has 1 N–H and O–H groups in total. The van der Waals surface area contributed by atoms with Crippen LogP contribution in [0.15, 0.2) is 53.4 Å². The predicted octanol–water partition coefficient (Wildman–Crippen LogP) is 3.67. The Morgan fingerprint density at radius 3 is 2.44 bits per heavy atom. The molecule has 0 aliphatic rings. The number of esters is 1. The number of carbonyl (C=O) groups is 2. The highest BCUT2D eigenvalue weighted by atomic mass is 32.2. The molecular formula is C19H21NO4S. The van der Waals surface area contributed by atoms with Crippen LogP contribution in [0.3, 0.4) is 0 Å². The first-order valence-electron chi connectivity index (χ1n) is 7.82. The van der Waals surface area contributed by atoms with Crippen molar-refractivity contribution in [3.63, 3.8) is 0 Å². The van der Waals surface area contributed by atoms with Crippen molar-refractivity contribution in [2.75, 3.05) is 18.2 Å². The number of anilines is 1. The maximum Gasteiger partial charge on any atom is 0.317 e. The summed E-state index contributed by atoms with van der Waals surface area (Å²) in [6.45, 7) is 3.54. The Morgan fingerprint density at radius 1 is 1.12 bits per heavy atom. The van der Waals surface area contributed by atoms with Gasteiger partial charge in [0.25, 0.3) is 5.91 Å². The van der Waals surface area contributed by atoms with Gasteiger partial charge in [0.15, 0.2) is 6.10 Å². The molecule has 0 heterocycles. The Bertz CT molecular complexity index is 730. The largest absolute Gasteiger partial charge is 0.497 e. The van der Waals surface area contributed by atoms with Crippen LogP contribution in [-0.2, 0) is 14.3 Å². The maximum absolute atomic E-state index is 12.1. The topological polar surface area (TPSA) is 64.6 Å². The summed E-state index contributed by atoms with van der Waals surface area (Å²) in [5.74, 6) is 0.0566. The normalized spacial score (nSPS) is 11.5. The first-order chi connectivity index (χ1) is 12.0. The van der Waals surface area contributed by atoms with E-state index in [2.05, 4.69) is 5.32 Å². The van der Waals surface area contributed by atoms with E-state index in [4.69, 9.17) is 9.47 Å². The third-order valence-corrected chi connectivity index (χ3v) is 4.62. The summed E-state index contributed by atoms with van der Waals surface area (Å²) in [6.07, 6.45) is -0.868. The van der Waals surface area contributed by atoms with E-state index in [0.717, 1.165) is 10.5 Å². The van der Waals surface area contributed by atoms with Crippen LogP contribution in [0.1, 0.15) is 12.5 Å². The average molecular weight is 359 g/mol. The van der Waals surface area contributed by atoms with Crippen molar-refractivity contribution in [2.45, 2.75) is 24.8 Å². The van der Waals surface area contributed by atoms with E-state index in [-0.39, 0.29) is 11.7 Å². The van der Waals surface area contributed by atoms with E-state index >= 15 is 0 Å². The van der Waals surface area contributed by atoms with Gasteiger partial charge in [-0.25, -0.2) is 0 Å². The van der Waals surface area contributed by atoms with E-state index in [0.29, 0.717) is 11.4 Å². The molecule has 0 bridgehead atoms. The lowest BCUT2D eigenvalue weighted by molar-refractivity contribution is -0.150. The van der Waals surface area contributed by atoms with Crippen LogP contribution in [0.2, 0.25) is 0 Å². The van der Waals surface area contributed by atoms with Crippen molar-refractivity contribution >= 4 is 29.3 Å². The van der Waals surface area contributed by atoms with Crippen molar-refractivity contribution in [1.82, 2.24) is 0 Å². The molecule has 2 aromatic carbocycles. The van der Waals surface area contributed by atoms with Crippen LogP contribution >= 0.6 is 11.8 Å². The zero-order chi connectivity index (χ0) is 18.2. The minimum absolute atomic E-state index is 0.158. The summed E-state index contributed by atoms with van der Waals surface area (Å²) in [5, 5.41) is 2.70. The Hall–Kier alpha value is -2.47. The predicted molar refractivity (Wildman–Crippen MR) is 99.1 cm³/mol. The molecule has 5 nitrogen and oxygen atoms in total. The molecule has 6 heteroatoms. The van der Waals surface area contributed by atoms with E-state index in [1.807, 2.05) is 31.2 Å². The zero-order valence-electron chi connectivity index (χ0n) is 14.4. The zero-order valence-corrected chi connectivity index (χ0v) is 15.3. The minimum atomic E-state index is -0.868. The van der Waals surface area contributed by atoms with Crippen LogP contribution in [0.5, 0.6) is 5.75 Å². The fourth-order valence-corrected chi connectivity index (χ4v) is 2.87. The summed E-state index contributed by atoms with van der Waals surface area (Å²) in [5.41, 5.74) is 1.72. The van der Waals surface area contributed by atoms with Gasteiger partial charge in [-0.05, 0) is 49.7 Å². The first-order valence-corrected chi connectivity index (χ1v) is 8.81. The van der Waals surface area contributed by atoms with Gasteiger partial charge in [-0.1, -0.05) is 18.2 Å². The number of aryl methyl sites for hydroxylation is 1. The minimum Gasteiger partial charge on any atom is -0.497 e. The summed E-state index contributed by atoms with van der Waals surface area (Å²) < 4.78 is 10.3. The van der Waals surface area contributed by atoms with Gasteiger partial charge < -0.3 is 14.8 Å². The summed E-state index contributed by atoms with van der Waals surface area (Å²) in [6, 6.07) is 14.7. The number of hydrogen-bond acceptors (Lipinski definition) is 5. The number of thioether (sulfide) groups is 1. The number of nitrogens with one attached hydrogen (secondary N) is 1. The SMILES string of the molecule is COc1ccc(NC(=O)[C@H](C)OC(=O)CSc2ccccc2C)cc1. The molecule has 1 amide bonds. The number of methoxy groups -OCH3 is 1. The third kappa shape index (κ3) is 5.83. The molecule has 0 aromatic heterocycles. The monoisotopic (exact) mass is 359 g/mol. The molecule has 0 aliphatic heterocycles. The number of hydrogen-bond donors (Lipinski definition) is 1. The van der Waals surface area contributed by atoms with Crippen molar-refractivity contribution in [2.24, 2.45) is 0 Å². The molecule has 0 radical (unpaired) electrons. The Morgan fingerprint density at radius 2 is 1.80 bits per heavy atom. The Kier molecular flexibility index (Phi) is 6.89. The number of rotatable bonds is 7. The standard InChI is InChI=1S/C19H21NO4S/c1-13-6-4-5-7-17(13)25-12-18(21)24-14(2)19(22)20-15-8-10-16(23-3)11-9-15/h4-11,14H,12H2,1-3H3,(H,20,22)/t14-/m0/s1. The van der Waals surface area contributed by atoms with Crippen molar-refractivity contribution < 1.29 is 19.1 Å². The fraction of sp³-hybridized carbons (Fsp3) is 0.263. The quantitative estimate of drug-likeness (QED) is 0.604. The van der Waals surface area contributed by atoms with Gasteiger partial charge in [0.1, 0.15) is 5.75 Å². The second-order valence-corrected chi connectivity index (χ2v) is 6.42. The summed E-state index contributed by atoms with van der Waals surface area (Å²) >= 11 is 1.40. The fourth-order valence-electron chi connectivity index (χ4n) is 2.06. The molecular weight excluding hydrogens is 338 g/mol. The van der Waals surface area contributed by atoms with E-state index < -0.39 is 12.1 Å². The second-order valence-electron chi connectivity index (χ2n) is 5.40. The molecule has 2 aromatic rings. The molecule has 0 unspecified atom stereocenters. The van der Waals surface area contributed by atoms with Crippen LogP contribution < -0.4 is 10.1 Å². The van der Waals surface area contributed by atoms with Gasteiger partial charge in [-0.3, -0.25) is 9.59 Å². The van der Waals surface area contributed by atoms with Crippen molar-refractivity contribution in [1.29, 1.82) is 0 Å². The van der Waals surface area contributed by atoms with Crippen molar-refractivity contribution in [3.8, 4) is 5.75 Å². The molecule has 0 spiro atoms. The van der Waals surface area contributed by atoms with E-state index in [1.165, 1.54) is 11.8 Å². The van der Waals surface area contributed by atoms with E-state index in [1.54, 1.807) is 38.3 Å². The highest BCUT2D eigenvalue weighted by Crippen LogP contribution is 2.22. The lowest BCUT2D eigenvalue weighted by atomic mass is 10.2. The van der Waals surface area contributed by atoms with Crippen molar-refractivity contribution in [3.05, 3.63) is 54.1 Å². The van der Waals surface area contributed by atoms with E-state index in [9.17, 15) is 9.59 Å². The molecule has 0 saturated carbocycles. The highest BCUT2D eigenvalue weighted by Gasteiger charge is 2.18. The number of benzene rings is 2. The van der Waals surface area contributed by atoms with Crippen LogP contribution in [0, 0.1) is 6.92 Å². The molecule has 0 saturated heterocycles. The van der Waals surface area contributed by atoms with Gasteiger partial charge >= 0.3 is 5.97 Å². The highest BCUT2D eigenvalue weighted by molar-refractivity contribution is 8.00. The van der Waals surface area contributed by atoms with Gasteiger partial charge in [-0.2, -0.15) is 0 Å². The number of amides is 1. The lowest BCUT2D eigenvalue weighted by Crippen LogP contribution is -2.30.